The normalized spacial score (nSPS) is 13.5. The number of carbonyl (C=O) groups excluding carboxylic acids is 3. The van der Waals surface area contributed by atoms with E-state index < -0.39 is 0 Å². The summed E-state index contributed by atoms with van der Waals surface area (Å²) in [7, 11) is 0. The largest absolute Gasteiger partial charge is 0.351 e. The number of anilines is 1. The Labute approximate surface area is 162 Å². The van der Waals surface area contributed by atoms with Gasteiger partial charge in [0.1, 0.15) is 0 Å². The molecule has 2 aromatic rings. The highest BCUT2D eigenvalue weighted by molar-refractivity contribution is 7.14. The van der Waals surface area contributed by atoms with Crippen molar-refractivity contribution in [2.75, 3.05) is 18.4 Å². The van der Waals surface area contributed by atoms with Gasteiger partial charge in [-0.15, -0.1) is 11.3 Å². The molecule has 1 aromatic heterocycles. The van der Waals surface area contributed by atoms with Gasteiger partial charge in [-0.25, -0.2) is 0 Å². The number of nitrogens with zero attached hydrogens (tertiary/aromatic N) is 1. The minimum absolute atomic E-state index is 0.0230. The van der Waals surface area contributed by atoms with Crippen molar-refractivity contribution >= 4 is 34.7 Å². The SMILES string of the molecule is CC(=O)NCc1ccc(C(=O)Nc2cccc(C(=O)N3CCCC3)c2C)s1. The van der Waals surface area contributed by atoms with Crippen molar-refractivity contribution in [3.63, 3.8) is 0 Å². The number of nitrogens with one attached hydrogen (secondary N) is 2. The lowest BCUT2D eigenvalue weighted by Gasteiger charge is -2.18. The molecule has 2 heterocycles. The Kier molecular flexibility index (Phi) is 5.91. The van der Waals surface area contributed by atoms with Gasteiger partial charge in [-0.1, -0.05) is 6.07 Å². The minimum Gasteiger partial charge on any atom is -0.351 e. The Balaban J connectivity index is 1.72. The smallest absolute Gasteiger partial charge is 0.265 e. The van der Waals surface area contributed by atoms with Crippen LogP contribution in [0.4, 0.5) is 5.69 Å². The first kappa shape index (κ1) is 19.1. The summed E-state index contributed by atoms with van der Waals surface area (Å²) in [6, 6.07) is 8.98. The van der Waals surface area contributed by atoms with Crippen molar-refractivity contribution in [2.45, 2.75) is 33.2 Å². The molecule has 6 nitrogen and oxygen atoms in total. The number of benzene rings is 1. The number of amides is 3. The summed E-state index contributed by atoms with van der Waals surface area (Å²) in [6.07, 6.45) is 2.08. The van der Waals surface area contributed by atoms with Crippen molar-refractivity contribution in [1.29, 1.82) is 0 Å². The summed E-state index contributed by atoms with van der Waals surface area (Å²) >= 11 is 1.34. The molecule has 0 aliphatic carbocycles. The molecule has 1 aromatic carbocycles. The second kappa shape index (κ2) is 8.35. The van der Waals surface area contributed by atoms with E-state index in [9.17, 15) is 14.4 Å². The molecule has 0 saturated carbocycles. The zero-order valence-corrected chi connectivity index (χ0v) is 16.3. The van der Waals surface area contributed by atoms with E-state index in [1.165, 1.54) is 18.3 Å². The van der Waals surface area contributed by atoms with E-state index >= 15 is 0 Å². The highest BCUT2D eigenvalue weighted by Gasteiger charge is 2.22. The number of hydrogen-bond acceptors (Lipinski definition) is 4. The highest BCUT2D eigenvalue weighted by atomic mass is 32.1. The van der Waals surface area contributed by atoms with Gasteiger partial charge in [0.15, 0.2) is 0 Å². The number of thiophene rings is 1. The molecule has 0 bridgehead atoms. The predicted molar refractivity (Wildman–Crippen MR) is 106 cm³/mol. The van der Waals surface area contributed by atoms with Crippen LogP contribution in [-0.2, 0) is 11.3 Å². The standard InChI is InChI=1S/C20H23N3O3S/c1-13-16(20(26)23-10-3-4-11-23)6-5-7-17(13)22-19(25)18-9-8-15(27-18)12-21-14(2)24/h5-9H,3-4,10-12H2,1-2H3,(H,21,24)(H,22,25). The Morgan fingerprint density at radius 3 is 2.56 bits per heavy atom. The molecule has 7 heteroatoms. The molecule has 27 heavy (non-hydrogen) atoms. The van der Waals surface area contributed by atoms with Crippen LogP contribution in [0.1, 0.15) is 50.2 Å². The van der Waals surface area contributed by atoms with Crippen LogP contribution < -0.4 is 10.6 Å². The summed E-state index contributed by atoms with van der Waals surface area (Å²) in [5.74, 6) is -0.303. The molecule has 1 aliphatic heterocycles. The fraction of sp³-hybridized carbons (Fsp3) is 0.350. The maximum absolute atomic E-state index is 12.7. The van der Waals surface area contributed by atoms with Gasteiger partial charge in [-0.05, 0) is 49.6 Å². The van der Waals surface area contributed by atoms with Gasteiger partial charge in [0.05, 0.1) is 11.4 Å². The number of rotatable bonds is 5. The topological polar surface area (TPSA) is 78.5 Å². The van der Waals surface area contributed by atoms with Crippen molar-refractivity contribution in [2.24, 2.45) is 0 Å². The lowest BCUT2D eigenvalue weighted by atomic mass is 10.1. The molecule has 1 saturated heterocycles. The monoisotopic (exact) mass is 385 g/mol. The molecule has 1 aliphatic rings. The van der Waals surface area contributed by atoms with Gasteiger partial charge in [-0.3, -0.25) is 14.4 Å². The predicted octanol–water partition coefficient (Wildman–Crippen LogP) is 3.18. The van der Waals surface area contributed by atoms with Crippen LogP contribution in [0.2, 0.25) is 0 Å². The minimum atomic E-state index is -0.219. The van der Waals surface area contributed by atoms with E-state index in [4.69, 9.17) is 0 Å². The molecule has 0 radical (unpaired) electrons. The Morgan fingerprint density at radius 1 is 1.11 bits per heavy atom. The van der Waals surface area contributed by atoms with E-state index in [1.807, 2.05) is 24.0 Å². The zero-order valence-electron chi connectivity index (χ0n) is 15.5. The molecule has 0 spiro atoms. The van der Waals surface area contributed by atoms with Crippen LogP contribution in [0.15, 0.2) is 30.3 Å². The van der Waals surface area contributed by atoms with Crippen LogP contribution in [-0.4, -0.2) is 35.7 Å². The lowest BCUT2D eigenvalue weighted by Crippen LogP contribution is -2.28. The van der Waals surface area contributed by atoms with Crippen LogP contribution in [0.3, 0.4) is 0 Å². The lowest BCUT2D eigenvalue weighted by molar-refractivity contribution is -0.119. The van der Waals surface area contributed by atoms with Crippen LogP contribution in [0.5, 0.6) is 0 Å². The summed E-state index contributed by atoms with van der Waals surface area (Å²) in [4.78, 5) is 39.6. The third kappa shape index (κ3) is 4.54. The summed E-state index contributed by atoms with van der Waals surface area (Å²) in [6.45, 7) is 5.31. The molecule has 0 unspecified atom stereocenters. The van der Waals surface area contributed by atoms with Gasteiger partial charge >= 0.3 is 0 Å². The highest BCUT2D eigenvalue weighted by Crippen LogP contribution is 2.24. The first-order valence-electron chi connectivity index (χ1n) is 8.99. The molecule has 1 fully saturated rings. The van der Waals surface area contributed by atoms with E-state index in [2.05, 4.69) is 10.6 Å². The summed E-state index contributed by atoms with van der Waals surface area (Å²) < 4.78 is 0. The third-order valence-electron chi connectivity index (χ3n) is 4.60. The van der Waals surface area contributed by atoms with E-state index in [1.54, 1.807) is 18.2 Å². The first-order valence-corrected chi connectivity index (χ1v) is 9.80. The van der Waals surface area contributed by atoms with Gasteiger partial charge in [-0.2, -0.15) is 0 Å². The maximum atomic E-state index is 12.7. The molecule has 3 amide bonds. The fourth-order valence-corrected chi connectivity index (χ4v) is 3.93. The average Bonchev–Trinajstić information content (AvgIpc) is 3.33. The van der Waals surface area contributed by atoms with Crippen LogP contribution in [0.25, 0.3) is 0 Å². The number of hydrogen-bond donors (Lipinski definition) is 2. The average molecular weight is 385 g/mol. The first-order chi connectivity index (χ1) is 13.0. The second-order valence-electron chi connectivity index (χ2n) is 6.61. The van der Waals surface area contributed by atoms with Crippen LogP contribution >= 0.6 is 11.3 Å². The van der Waals surface area contributed by atoms with Gasteiger partial charge < -0.3 is 15.5 Å². The van der Waals surface area contributed by atoms with E-state index in [0.29, 0.717) is 22.7 Å². The maximum Gasteiger partial charge on any atom is 0.265 e. The Hall–Kier alpha value is -2.67. The molecule has 2 N–H and O–H groups in total. The quantitative estimate of drug-likeness (QED) is 0.830. The molecule has 0 atom stereocenters. The molecule has 3 rings (SSSR count). The third-order valence-corrected chi connectivity index (χ3v) is 5.69. The van der Waals surface area contributed by atoms with Crippen molar-refractivity contribution in [3.8, 4) is 0 Å². The van der Waals surface area contributed by atoms with E-state index in [0.717, 1.165) is 36.4 Å². The van der Waals surface area contributed by atoms with Gasteiger partial charge in [0, 0.05) is 36.1 Å². The Morgan fingerprint density at radius 2 is 1.85 bits per heavy atom. The Bertz CT molecular complexity index is 869. The summed E-state index contributed by atoms with van der Waals surface area (Å²) in [5, 5.41) is 5.62. The fourth-order valence-electron chi connectivity index (χ4n) is 3.08. The number of carbonyl (C=O) groups is 3. The van der Waals surface area contributed by atoms with Crippen LogP contribution in [0, 0.1) is 6.92 Å². The van der Waals surface area contributed by atoms with Crippen molar-refractivity contribution in [3.05, 3.63) is 51.2 Å². The van der Waals surface area contributed by atoms with E-state index in [-0.39, 0.29) is 17.7 Å². The van der Waals surface area contributed by atoms with Gasteiger partial charge in [0.25, 0.3) is 11.8 Å². The zero-order chi connectivity index (χ0) is 19.4. The second-order valence-corrected chi connectivity index (χ2v) is 7.78. The summed E-state index contributed by atoms with van der Waals surface area (Å²) in [5.41, 5.74) is 2.05. The molecule has 142 valence electrons. The molecular formula is C20H23N3O3S. The number of likely N-dealkylation sites (tertiary alicyclic amines) is 1. The van der Waals surface area contributed by atoms with Gasteiger partial charge in [0.2, 0.25) is 5.91 Å². The van der Waals surface area contributed by atoms with Crippen molar-refractivity contribution in [1.82, 2.24) is 10.2 Å². The molecular weight excluding hydrogens is 362 g/mol. The van der Waals surface area contributed by atoms with Crippen molar-refractivity contribution < 1.29 is 14.4 Å².